The SMILES string of the molecule is CN(C(=O)Cc1cccc(O)c1)C1CCCCC(S)C1N. The van der Waals surface area contributed by atoms with E-state index in [0.717, 1.165) is 31.2 Å². The van der Waals surface area contributed by atoms with E-state index in [1.54, 1.807) is 23.1 Å². The zero-order valence-corrected chi connectivity index (χ0v) is 13.3. The normalized spacial score (nSPS) is 26.1. The van der Waals surface area contributed by atoms with Crippen molar-refractivity contribution in [3.05, 3.63) is 29.8 Å². The van der Waals surface area contributed by atoms with E-state index in [9.17, 15) is 9.90 Å². The molecule has 2 rings (SSSR count). The van der Waals surface area contributed by atoms with Crippen molar-refractivity contribution in [2.45, 2.75) is 49.4 Å². The van der Waals surface area contributed by atoms with Crippen LogP contribution in [0.5, 0.6) is 5.75 Å². The number of hydrogen-bond acceptors (Lipinski definition) is 4. The van der Waals surface area contributed by atoms with Crippen molar-refractivity contribution in [1.82, 2.24) is 4.90 Å². The molecule has 0 radical (unpaired) electrons. The molecule has 1 aliphatic carbocycles. The van der Waals surface area contributed by atoms with Crippen molar-refractivity contribution >= 4 is 18.5 Å². The molecular formula is C16H24N2O2S. The molecule has 1 saturated carbocycles. The Morgan fingerprint density at radius 1 is 1.43 bits per heavy atom. The molecule has 1 aliphatic rings. The Hall–Kier alpha value is -1.20. The van der Waals surface area contributed by atoms with Gasteiger partial charge in [0.2, 0.25) is 5.91 Å². The van der Waals surface area contributed by atoms with Crippen LogP contribution >= 0.6 is 12.6 Å². The Morgan fingerprint density at radius 2 is 2.14 bits per heavy atom. The molecular weight excluding hydrogens is 284 g/mol. The number of hydrogen-bond donors (Lipinski definition) is 3. The Labute approximate surface area is 131 Å². The molecule has 21 heavy (non-hydrogen) atoms. The summed E-state index contributed by atoms with van der Waals surface area (Å²) in [7, 11) is 1.82. The smallest absolute Gasteiger partial charge is 0.227 e. The zero-order valence-electron chi connectivity index (χ0n) is 12.4. The van der Waals surface area contributed by atoms with E-state index in [0.29, 0.717) is 0 Å². The van der Waals surface area contributed by atoms with Crippen LogP contribution in [0.15, 0.2) is 24.3 Å². The minimum absolute atomic E-state index is 0.0310. The predicted molar refractivity (Wildman–Crippen MR) is 87.6 cm³/mol. The van der Waals surface area contributed by atoms with E-state index in [4.69, 9.17) is 5.73 Å². The fourth-order valence-corrected chi connectivity index (χ4v) is 3.33. The van der Waals surface area contributed by atoms with Crippen molar-refractivity contribution in [2.24, 2.45) is 5.73 Å². The fourth-order valence-electron chi connectivity index (χ4n) is 2.95. The van der Waals surface area contributed by atoms with Gasteiger partial charge >= 0.3 is 0 Å². The molecule has 116 valence electrons. The Kier molecular flexibility index (Phi) is 5.53. The van der Waals surface area contributed by atoms with Crippen molar-refractivity contribution in [1.29, 1.82) is 0 Å². The molecule has 5 heteroatoms. The summed E-state index contributed by atoms with van der Waals surface area (Å²) >= 11 is 4.56. The van der Waals surface area contributed by atoms with Crippen LogP contribution in [0.3, 0.4) is 0 Å². The number of carbonyl (C=O) groups excluding carboxylic acids is 1. The maximum atomic E-state index is 12.5. The maximum Gasteiger partial charge on any atom is 0.227 e. The minimum Gasteiger partial charge on any atom is -0.508 e. The number of nitrogens with zero attached hydrogens (tertiary/aromatic N) is 1. The summed E-state index contributed by atoms with van der Waals surface area (Å²) < 4.78 is 0. The van der Waals surface area contributed by atoms with Crippen LogP contribution in [0.25, 0.3) is 0 Å². The molecule has 1 aromatic carbocycles. The number of rotatable bonds is 3. The summed E-state index contributed by atoms with van der Waals surface area (Å²) in [6, 6.07) is 6.78. The average Bonchev–Trinajstić information content (AvgIpc) is 2.61. The van der Waals surface area contributed by atoms with Gasteiger partial charge in [0.05, 0.1) is 6.42 Å². The summed E-state index contributed by atoms with van der Waals surface area (Å²) in [6.07, 6.45) is 4.42. The first-order valence-corrected chi connectivity index (χ1v) is 7.98. The second kappa shape index (κ2) is 7.18. The molecule has 1 amide bonds. The second-order valence-electron chi connectivity index (χ2n) is 5.85. The molecule has 1 aromatic rings. The molecule has 3 atom stereocenters. The highest BCUT2D eigenvalue weighted by atomic mass is 32.1. The molecule has 3 unspecified atom stereocenters. The molecule has 0 aliphatic heterocycles. The lowest BCUT2D eigenvalue weighted by Gasteiger charge is -2.33. The Bertz CT molecular complexity index is 495. The van der Waals surface area contributed by atoms with Crippen LogP contribution in [0.2, 0.25) is 0 Å². The van der Waals surface area contributed by atoms with Gasteiger partial charge in [-0.25, -0.2) is 0 Å². The molecule has 0 saturated heterocycles. The third-order valence-electron chi connectivity index (χ3n) is 4.30. The topological polar surface area (TPSA) is 66.6 Å². The van der Waals surface area contributed by atoms with E-state index in [2.05, 4.69) is 12.6 Å². The Morgan fingerprint density at radius 3 is 2.86 bits per heavy atom. The number of carbonyl (C=O) groups is 1. The van der Waals surface area contributed by atoms with Crippen LogP contribution in [0.1, 0.15) is 31.2 Å². The fraction of sp³-hybridized carbons (Fsp3) is 0.562. The molecule has 0 spiro atoms. The summed E-state index contributed by atoms with van der Waals surface area (Å²) in [6.45, 7) is 0. The molecule has 0 aromatic heterocycles. The first-order chi connectivity index (χ1) is 9.99. The number of amides is 1. The van der Waals surface area contributed by atoms with Gasteiger partial charge in [0.25, 0.3) is 0 Å². The van der Waals surface area contributed by atoms with Gasteiger partial charge in [-0.3, -0.25) is 4.79 Å². The van der Waals surface area contributed by atoms with Crippen molar-refractivity contribution in [2.75, 3.05) is 7.05 Å². The highest BCUT2D eigenvalue weighted by Gasteiger charge is 2.31. The number of aromatic hydroxyl groups is 1. The maximum absolute atomic E-state index is 12.5. The minimum atomic E-state index is -0.0889. The van der Waals surface area contributed by atoms with Crippen LogP contribution in [0, 0.1) is 0 Å². The van der Waals surface area contributed by atoms with Crippen molar-refractivity contribution < 1.29 is 9.90 Å². The zero-order chi connectivity index (χ0) is 15.4. The van der Waals surface area contributed by atoms with E-state index >= 15 is 0 Å². The third-order valence-corrected chi connectivity index (χ3v) is 4.90. The lowest BCUT2D eigenvalue weighted by molar-refractivity contribution is -0.131. The highest BCUT2D eigenvalue weighted by molar-refractivity contribution is 7.81. The average molecular weight is 308 g/mol. The largest absolute Gasteiger partial charge is 0.508 e. The monoisotopic (exact) mass is 308 g/mol. The quantitative estimate of drug-likeness (QED) is 0.591. The van der Waals surface area contributed by atoms with Crippen LogP contribution in [-0.4, -0.2) is 40.3 Å². The predicted octanol–water partition coefficient (Wildman–Crippen LogP) is 1.96. The van der Waals surface area contributed by atoms with Gasteiger partial charge in [-0.15, -0.1) is 0 Å². The number of nitrogens with two attached hydrogens (primary N) is 1. The van der Waals surface area contributed by atoms with E-state index < -0.39 is 0 Å². The van der Waals surface area contributed by atoms with Crippen LogP contribution < -0.4 is 5.73 Å². The highest BCUT2D eigenvalue weighted by Crippen LogP contribution is 2.24. The van der Waals surface area contributed by atoms with Gasteiger partial charge in [0.1, 0.15) is 5.75 Å². The number of phenolic OH excluding ortho intramolecular Hbond substituents is 1. The summed E-state index contributed by atoms with van der Waals surface area (Å²) in [5.41, 5.74) is 7.08. The van der Waals surface area contributed by atoms with Gasteiger partial charge in [-0.05, 0) is 30.5 Å². The van der Waals surface area contributed by atoms with Gasteiger partial charge in [0.15, 0.2) is 0 Å². The first kappa shape index (κ1) is 16.2. The lowest BCUT2D eigenvalue weighted by atomic mass is 10.0. The molecule has 3 N–H and O–H groups in total. The van der Waals surface area contributed by atoms with Gasteiger partial charge in [0, 0.05) is 24.4 Å². The molecule has 0 heterocycles. The van der Waals surface area contributed by atoms with E-state index in [-0.39, 0.29) is 35.4 Å². The Balaban J connectivity index is 2.04. The van der Waals surface area contributed by atoms with Crippen LogP contribution in [-0.2, 0) is 11.2 Å². The van der Waals surface area contributed by atoms with Crippen LogP contribution in [0.4, 0.5) is 0 Å². The summed E-state index contributed by atoms with van der Waals surface area (Å²) in [5.74, 6) is 0.216. The van der Waals surface area contributed by atoms with Gasteiger partial charge in [-0.2, -0.15) is 12.6 Å². The second-order valence-corrected chi connectivity index (χ2v) is 6.51. The van der Waals surface area contributed by atoms with Crippen molar-refractivity contribution in [3.63, 3.8) is 0 Å². The summed E-state index contributed by atoms with van der Waals surface area (Å²) in [4.78, 5) is 14.2. The first-order valence-electron chi connectivity index (χ1n) is 7.46. The van der Waals surface area contributed by atoms with Gasteiger partial charge < -0.3 is 15.7 Å². The number of benzene rings is 1. The van der Waals surface area contributed by atoms with Crippen molar-refractivity contribution in [3.8, 4) is 5.75 Å². The summed E-state index contributed by atoms with van der Waals surface area (Å²) in [5, 5.41) is 9.62. The number of thiol groups is 1. The van der Waals surface area contributed by atoms with E-state index in [1.165, 1.54) is 0 Å². The number of phenols is 1. The van der Waals surface area contributed by atoms with E-state index in [1.807, 2.05) is 13.1 Å². The molecule has 1 fully saturated rings. The lowest BCUT2D eigenvalue weighted by Crippen LogP contribution is -2.52. The standard InChI is InChI=1S/C16H24N2O2S/c1-18(13-7-2-3-8-14(21)16(13)17)15(20)10-11-5-4-6-12(19)9-11/h4-6,9,13-14,16,19,21H,2-3,7-8,10,17H2,1H3. The number of likely N-dealkylation sites (N-methyl/N-ethyl adjacent to an activating group) is 1. The van der Waals surface area contributed by atoms with Gasteiger partial charge in [-0.1, -0.05) is 25.0 Å². The third kappa shape index (κ3) is 4.14. The molecule has 4 nitrogen and oxygen atoms in total. The molecule has 0 bridgehead atoms.